The molecule has 0 spiro atoms. The van der Waals surface area contributed by atoms with E-state index in [0.29, 0.717) is 12.1 Å². The van der Waals surface area contributed by atoms with E-state index in [1.807, 2.05) is 12.1 Å². The van der Waals surface area contributed by atoms with Crippen LogP contribution in [0.4, 0.5) is 5.69 Å². The van der Waals surface area contributed by atoms with Crippen LogP contribution in [-0.2, 0) is 10.0 Å². The molecule has 0 aliphatic carbocycles. The van der Waals surface area contributed by atoms with Gasteiger partial charge in [-0.1, -0.05) is 0 Å². The third-order valence-corrected chi connectivity index (χ3v) is 5.31. The standard InChI is InChI=1S/C15H25N3O2S/c1-12(2)17(3)13-8-10-18(11-9-13)14-4-6-15(7-5-14)21(16,19)20/h4-7,12-13H,8-11H2,1-3H3,(H2,16,19,20). The molecule has 1 saturated heterocycles. The molecule has 1 heterocycles. The molecule has 2 N–H and O–H groups in total. The molecule has 1 aliphatic rings. The molecule has 1 aromatic rings. The van der Waals surface area contributed by atoms with Gasteiger partial charge >= 0.3 is 0 Å². The summed E-state index contributed by atoms with van der Waals surface area (Å²) in [5.74, 6) is 0. The van der Waals surface area contributed by atoms with Crippen LogP contribution in [0.25, 0.3) is 0 Å². The highest BCUT2D eigenvalue weighted by molar-refractivity contribution is 7.89. The monoisotopic (exact) mass is 311 g/mol. The molecular formula is C15H25N3O2S. The van der Waals surface area contributed by atoms with Crippen molar-refractivity contribution in [3.05, 3.63) is 24.3 Å². The summed E-state index contributed by atoms with van der Waals surface area (Å²) in [4.78, 5) is 4.90. The largest absolute Gasteiger partial charge is 0.371 e. The SMILES string of the molecule is CC(C)N(C)C1CCN(c2ccc(S(N)(=O)=O)cc2)CC1. The van der Waals surface area contributed by atoms with Crippen LogP contribution in [-0.4, -0.2) is 45.5 Å². The minimum absolute atomic E-state index is 0.167. The minimum atomic E-state index is -3.61. The predicted molar refractivity (Wildman–Crippen MR) is 85.9 cm³/mol. The number of rotatable bonds is 4. The minimum Gasteiger partial charge on any atom is -0.371 e. The number of hydrogen-bond acceptors (Lipinski definition) is 4. The summed E-state index contributed by atoms with van der Waals surface area (Å²) in [6, 6.07) is 8.03. The van der Waals surface area contributed by atoms with Crippen LogP contribution >= 0.6 is 0 Å². The Kier molecular flexibility index (Phi) is 4.91. The fourth-order valence-corrected chi connectivity index (χ4v) is 3.32. The fourth-order valence-electron chi connectivity index (χ4n) is 2.80. The molecule has 21 heavy (non-hydrogen) atoms. The van der Waals surface area contributed by atoms with Gasteiger partial charge in [-0.2, -0.15) is 0 Å². The molecule has 0 unspecified atom stereocenters. The molecule has 5 nitrogen and oxygen atoms in total. The van der Waals surface area contributed by atoms with Crippen LogP contribution in [0.15, 0.2) is 29.2 Å². The van der Waals surface area contributed by atoms with Crippen molar-refractivity contribution in [3.63, 3.8) is 0 Å². The normalized spacial score (nSPS) is 17.7. The van der Waals surface area contributed by atoms with Crippen molar-refractivity contribution in [2.24, 2.45) is 5.14 Å². The topological polar surface area (TPSA) is 66.6 Å². The van der Waals surface area contributed by atoms with E-state index in [-0.39, 0.29) is 4.90 Å². The maximum absolute atomic E-state index is 11.3. The smallest absolute Gasteiger partial charge is 0.238 e. The van der Waals surface area contributed by atoms with Gasteiger partial charge in [0.15, 0.2) is 0 Å². The second-order valence-electron chi connectivity index (χ2n) is 6.02. The average molecular weight is 311 g/mol. The predicted octanol–water partition coefficient (Wildman–Crippen LogP) is 1.64. The summed E-state index contributed by atoms with van der Waals surface area (Å²) < 4.78 is 22.5. The molecule has 0 radical (unpaired) electrons. The van der Waals surface area contributed by atoms with E-state index in [1.54, 1.807) is 12.1 Å². The molecule has 1 fully saturated rings. The average Bonchev–Trinajstić information content (AvgIpc) is 2.46. The zero-order valence-electron chi connectivity index (χ0n) is 13.0. The molecule has 0 atom stereocenters. The van der Waals surface area contributed by atoms with Crippen LogP contribution in [0.5, 0.6) is 0 Å². The van der Waals surface area contributed by atoms with Crippen molar-refractivity contribution in [2.45, 2.75) is 43.7 Å². The van der Waals surface area contributed by atoms with Gasteiger partial charge in [0.25, 0.3) is 0 Å². The lowest BCUT2D eigenvalue weighted by Crippen LogP contribution is -2.45. The number of piperidine rings is 1. The Morgan fingerprint density at radius 3 is 2.14 bits per heavy atom. The summed E-state index contributed by atoms with van der Waals surface area (Å²) in [6.07, 6.45) is 2.26. The second kappa shape index (κ2) is 6.34. The summed E-state index contributed by atoms with van der Waals surface area (Å²) in [7, 11) is -1.42. The zero-order chi connectivity index (χ0) is 15.6. The number of nitrogens with zero attached hydrogens (tertiary/aromatic N) is 2. The van der Waals surface area contributed by atoms with Gasteiger partial charge in [0.05, 0.1) is 4.90 Å². The van der Waals surface area contributed by atoms with Crippen molar-refractivity contribution in [1.82, 2.24) is 4.90 Å². The molecule has 1 aliphatic heterocycles. The molecule has 6 heteroatoms. The summed E-state index contributed by atoms with van der Waals surface area (Å²) in [5.41, 5.74) is 1.06. The van der Waals surface area contributed by atoms with Crippen LogP contribution in [0.3, 0.4) is 0 Å². The maximum Gasteiger partial charge on any atom is 0.238 e. The summed E-state index contributed by atoms with van der Waals surface area (Å²) in [5, 5.41) is 5.12. The van der Waals surface area contributed by atoms with Crippen molar-refractivity contribution >= 4 is 15.7 Å². The Bertz CT molecular complexity index is 561. The Morgan fingerprint density at radius 1 is 1.19 bits per heavy atom. The van der Waals surface area contributed by atoms with E-state index in [9.17, 15) is 8.42 Å². The molecule has 1 aromatic carbocycles. The highest BCUT2D eigenvalue weighted by atomic mass is 32.2. The lowest BCUT2D eigenvalue weighted by Gasteiger charge is -2.39. The molecule has 0 saturated carbocycles. The molecule has 0 amide bonds. The van der Waals surface area contributed by atoms with E-state index < -0.39 is 10.0 Å². The quantitative estimate of drug-likeness (QED) is 0.918. The van der Waals surface area contributed by atoms with Gasteiger partial charge in [0.1, 0.15) is 0 Å². The third kappa shape index (κ3) is 3.96. The van der Waals surface area contributed by atoms with E-state index in [0.717, 1.165) is 31.6 Å². The molecule has 0 bridgehead atoms. The lowest BCUT2D eigenvalue weighted by molar-refractivity contribution is 0.168. The van der Waals surface area contributed by atoms with E-state index in [4.69, 9.17) is 5.14 Å². The number of sulfonamides is 1. The Balaban J connectivity index is 1.99. The van der Waals surface area contributed by atoms with Crippen molar-refractivity contribution < 1.29 is 8.42 Å². The zero-order valence-corrected chi connectivity index (χ0v) is 13.8. The first-order chi connectivity index (χ1) is 9.79. The molecular weight excluding hydrogens is 286 g/mol. The van der Waals surface area contributed by atoms with Gasteiger partial charge in [0.2, 0.25) is 10.0 Å². The van der Waals surface area contributed by atoms with E-state index in [1.165, 1.54) is 0 Å². The Hall–Kier alpha value is -1.11. The first-order valence-electron chi connectivity index (χ1n) is 7.39. The molecule has 0 aromatic heterocycles. The highest BCUT2D eigenvalue weighted by Gasteiger charge is 2.23. The van der Waals surface area contributed by atoms with Crippen LogP contribution in [0.2, 0.25) is 0 Å². The summed E-state index contributed by atoms with van der Waals surface area (Å²) >= 11 is 0. The Labute approximate surface area is 127 Å². The van der Waals surface area contributed by atoms with Crippen LogP contribution in [0, 0.1) is 0 Å². The van der Waals surface area contributed by atoms with Crippen LogP contribution < -0.4 is 10.0 Å². The number of nitrogens with two attached hydrogens (primary N) is 1. The molecule has 118 valence electrons. The van der Waals surface area contributed by atoms with Gasteiger partial charge < -0.3 is 9.80 Å². The van der Waals surface area contributed by atoms with Gasteiger partial charge in [-0.25, -0.2) is 13.6 Å². The lowest BCUT2D eigenvalue weighted by atomic mass is 10.0. The van der Waals surface area contributed by atoms with Gasteiger partial charge in [-0.05, 0) is 58.0 Å². The molecule has 2 rings (SSSR count). The van der Waals surface area contributed by atoms with Crippen molar-refractivity contribution in [3.8, 4) is 0 Å². The second-order valence-corrected chi connectivity index (χ2v) is 7.58. The van der Waals surface area contributed by atoms with E-state index >= 15 is 0 Å². The van der Waals surface area contributed by atoms with Gasteiger partial charge in [0, 0.05) is 30.9 Å². The first kappa shape index (κ1) is 16.3. The number of anilines is 1. The Morgan fingerprint density at radius 2 is 1.71 bits per heavy atom. The van der Waals surface area contributed by atoms with Gasteiger partial charge in [-0.3, -0.25) is 0 Å². The van der Waals surface area contributed by atoms with Crippen LogP contribution in [0.1, 0.15) is 26.7 Å². The summed E-state index contributed by atoms with van der Waals surface area (Å²) in [6.45, 7) is 6.43. The van der Waals surface area contributed by atoms with Crippen molar-refractivity contribution in [1.29, 1.82) is 0 Å². The number of primary sulfonamides is 1. The number of hydrogen-bond donors (Lipinski definition) is 1. The fraction of sp³-hybridized carbons (Fsp3) is 0.600. The van der Waals surface area contributed by atoms with Crippen molar-refractivity contribution in [2.75, 3.05) is 25.0 Å². The van der Waals surface area contributed by atoms with E-state index in [2.05, 4.69) is 30.7 Å². The maximum atomic E-state index is 11.3. The van der Waals surface area contributed by atoms with Gasteiger partial charge in [-0.15, -0.1) is 0 Å². The first-order valence-corrected chi connectivity index (χ1v) is 8.93. The highest BCUT2D eigenvalue weighted by Crippen LogP contribution is 2.24. The third-order valence-electron chi connectivity index (χ3n) is 4.39. The number of benzene rings is 1.